The number of amides is 1. The molecular weight excluding hydrogens is 212 g/mol. The van der Waals surface area contributed by atoms with E-state index in [9.17, 15) is 4.79 Å². The predicted molar refractivity (Wildman–Crippen MR) is 69.9 cm³/mol. The normalized spacial score (nSPS) is 26.2. The van der Waals surface area contributed by atoms with Gasteiger partial charge in [0.25, 0.3) is 0 Å². The van der Waals surface area contributed by atoms with E-state index in [1.807, 2.05) is 13.8 Å². The Balaban J connectivity index is 1.80. The van der Waals surface area contributed by atoms with Gasteiger partial charge in [0, 0.05) is 19.6 Å². The van der Waals surface area contributed by atoms with Crippen molar-refractivity contribution in [1.29, 1.82) is 0 Å². The van der Waals surface area contributed by atoms with Gasteiger partial charge in [-0.15, -0.1) is 0 Å². The molecule has 2 aliphatic rings. The topological polar surface area (TPSA) is 32.3 Å². The first kappa shape index (κ1) is 12.9. The van der Waals surface area contributed by atoms with E-state index in [1.54, 1.807) is 0 Å². The van der Waals surface area contributed by atoms with Gasteiger partial charge < -0.3 is 10.2 Å². The van der Waals surface area contributed by atoms with Crippen LogP contribution in [0.3, 0.4) is 0 Å². The SMILES string of the molecule is CC1(C)NCCN(CCC2CCCCC2)C1=O. The second-order valence-corrected chi connectivity index (χ2v) is 6.14. The first-order chi connectivity index (χ1) is 8.09. The van der Waals surface area contributed by atoms with E-state index in [0.29, 0.717) is 0 Å². The third kappa shape index (κ3) is 3.21. The van der Waals surface area contributed by atoms with Gasteiger partial charge >= 0.3 is 0 Å². The molecule has 98 valence electrons. The van der Waals surface area contributed by atoms with Crippen LogP contribution in [0.2, 0.25) is 0 Å². The molecule has 1 saturated heterocycles. The average Bonchev–Trinajstić information content (AvgIpc) is 2.32. The highest BCUT2D eigenvalue weighted by atomic mass is 16.2. The van der Waals surface area contributed by atoms with Crippen LogP contribution in [0.25, 0.3) is 0 Å². The van der Waals surface area contributed by atoms with Crippen LogP contribution < -0.4 is 5.32 Å². The maximum atomic E-state index is 12.2. The highest BCUT2D eigenvalue weighted by Crippen LogP contribution is 2.26. The molecule has 0 aromatic carbocycles. The van der Waals surface area contributed by atoms with Gasteiger partial charge in [0.1, 0.15) is 0 Å². The van der Waals surface area contributed by atoms with Crippen molar-refractivity contribution in [3.05, 3.63) is 0 Å². The van der Waals surface area contributed by atoms with Crippen LogP contribution in [-0.2, 0) is 4.79 Å². The molecule has 1 saturated carbocycles. The molecule has 0 aromatic heterocycles. The number of carbonyl (C=O) groups excluding carboxylic acids is 1. The van der Waals surface area contributed by atoms with E-state index in [-0.39, 0.29) is 11.4 Å². The van der Waals surface area contributed by atoms with E-state index < -0.39 is 0 Å². The van der Waals surface area contributed by atoms with Gasteiger partial charge in [0.15, 0.2) is 0 Å². The Morgan fingerprint density at radius 3 is 2.71 bits per heavy atom. The fourth-order valence-corrected chi connectivity index (χ4v) is 3.10. The molecular formula is C14H26N2O. The highest BCUT2D eigenvalue weighted by molar-refractivity contribution is 5.86. The van der Waals surface area contributed by atoms with Crippen LogP contribution in [0.5, 0.6) is 0 Å². The molecule has 1 heterocycles. The second kappa shape index (κ2) is 5.38. The summed E-state index contributed by atoms with van der Waals surface area (Å²) in [6, 6.07) is 0. The Bertz CT molecular complexity index is 269. The molecule has 3 nitrogen and oxygen atoms in total. The van der Waals surface area contributed by atoms with Gasteiger partial charge in [-0.1, -0.05) is 32.1 Å². The molecule has 0 radical (unpaired) electrons. The van der Waals surface area contributed by atoms with Crippen molar-refractivity contribution >= 4 is 5.91 Å². The van der Waals surface area contributed by atoms with E-state index in [4.69, 9.17) is 0 Å². The quantitative estimate of drug-likeness (QED) is 0.817. The van der Waals surface area contributed by atoms with Crippen LogP contribution >= 0.6 is 0 Å². The van der Waals surface area contributed by atoms with Crippen molar-refractivity contribution in [3.63, 3.8) is 0 Å². The number of carbonyl (C=O) groups is 1. The van der Waals surface area contributed by atoms with Crippen molar-refractivity contribution in [2.45, 2.75) is 57.9 Å². The number of hydrogen-bond donors (Lipinski definition) is 1. The molecule has 1 aliphatic carbocycles. The Morgan fingerprint density at radius 1 is 1.29 bits per heavy atom. The standard InChI is InChI=1S/C14H26N2O/c1-14(2)13(17)16(11-9-15-14)10-8-12-6-4-3-5-7-12/h12,15H,3-11H2,1-2H3. The molecule has 0 aromatic rings. The minimum absolute atomic E-state index is 0.277. The lowest BCUT2D eigenvalue weighted by Crippen LogP contribution is -2.61. The number of hydrogen-bond acceptors (Lipinski definition) is 2. The molecule has 1 amide bonds. The summed E-state index contributed by atoms with van der Waals surface area (Å²) in [6.07, 6.45) is 8.17. The first-order valence-electron chi connectivity index (χ1n) is 7.14. The maximum Gasteiger partial charge on any atom is 0.242 e. The molecule has 1 N–H and O–H groups in total. The molecule has 0 unspecified atom stereocenters. The average molecular weight is 238 g/mol. The molecule has 2 rings (SSSR count). The summed E-state index contributed by atoms with van der Waals surface area (Å²) < 4.78 is 0. The van der Waals surface area contributed by atoms with Crippen LogP contribution in [-0.4, -0.2) is 36.0 Å². The minimum atomic E-state index is -0.356. The fraction of sp³-hybridized carbons (Fsp3) is 0.929. The smallest absolute Gasteiger partial charge is 0.242 e. The van der Waals surface area contributed by atoms with Crippen molar-refractivity contribution in [2.75, 3.05) is 19.6 Å². The second-order valence-electron chi connectivity index (χ2n) is 6.14. The van der Waals surface area contributed by atoms with Crippen LogP contribution in [0.4, 0.5) is 0 Å². The third-order valence-corrected chi connectivity index (χ3v) is 4.30. The van der Waals surface area contributed by atoms with E-state index in [1.165, 1.54) is 38.5 Å². The maximum absolute atomic E-state index is 12.2. The summed E-state index contributed by atoms with van der Waals surface area (Å²) in [5.74, 6) is 1.15. The molecule has 0 atom stereocenters. The monoisotopic (exact) mass is 238 g/mol. The number of rotatable bonds is 3. The zero-order valence-electron chi connectivity index (χ0n) is 11.3. The van der Waals surface area contributed by atoms with E-state index in [2.05, 4.69) is 10.2 Å². The molecule has 1 aliphatic heterocycles. The summed E-state index contributed by atoms with van der Waals surface area (Å²) in [6.45, 7) is 6.76. The largest absolute Gasteiger partial charge is 0.340 e. The highest BCUT2D eigenvalue weighted by Gasteiger charge is 2.35. The summed E-state index contributed by atoms with van der Waals surface area (Å²) in [7, 11) is 0. The van der Waals surface area contributed by atoms with Crippen molar-refractivity contribution in [3.8, 4) is 0 Å². The molecule has 2 fully saturated rings. The number of piperazine rings is 1. The van der Waals surface area contributed by atoms with Gasteiger partial charge in [-0.05, 0) is 26.2 Å². The van der Waals surface area contributed by atoms with Crippen molar-refractivity contribution in [1.82, 2.24) is 10.2 Å². The summed E-state index contributed by atoms with van der Waals surface area (Å²) >= 11 is 0. The molecule has 17 heavy (non-hydrogen) atoms. The molecule has 0 spiro atoms. The summed E-state index contributed by atoms with van der Waals surface area (Å²) in [4.78, 5) is 14.2. The predicted octanol–water partition coefficient (Wildman–Crippen LogP) is 2.17. The zero-order chi connectivity index (χ0) is 12.3. The lowest BCUT2D eigenvalue weighted by atomic mass is 9.86. The van der Waals surface area contributed by atoms with Gasteiger partial charge in [-0.3, -0.25) is 4.79 Å². The van der Waals surface area contributed by atoms with E-state index >= 15 is 0 Å². The summed E-state index contributed by atoms with van der Waals surface area (Å²) in [5.41, 5.74) is -0.356. The Labute approximate surface area is 105 Å². The third-order valence-electron chi connectivity index (χ3n) is 4.30. The minimum Gasteiger partial charge on any atom is -0.340 e. The van der Waals surface area contributed by atoms with Crippen LogP contribution in [0.1, 0.15) is 52.4 Å². The van der Waals surface area contributed by atoms with Crippen LogP contribution in [0, 0.1) is 5.92 Å². The Hall–Kier alpha value is -0.570. The van der Waals surface area contributed by atoms with E-state index in [0.717, 1.165) is 25.6 Å². The number of nitrogens with zero attached hydrogens (tertiary/aromatic N) is 1. The molecule has 3 heteroatoms. The van der Waals surface area contributed by atoms with Crippen LogP contribution in [0.15, 0.2) is 0 Å². The number of nitrogens with one attached hydrogen (secondary N) is 1. The zero-order valence-corrected chi connectivity index (χ0v) is 11.3. The lowest BCUT2D eigenvalue weighted by molar-refractivity contribution is -0.140. The summed E-state index contributed by atoms with van der Waals surface area (Å²) in [5, 5.41) is 3.28. The van der Waals surface area contributed by atoms with Gasteiger partial charge in [-0.25, -0.2) is 0 Å². The van der Waals surface area contributed by atoms with Crippen molar-refractivity contribution < 1.29 is 4.79 Å². The lowest BCUT2D eigenvalue weighted by Gasteiger charge is -2.39. The van der Waals surface area contributed by atoms with Gasteiger partial charge in [0.2, 0.25) is 5.91 Å². The van der Waals surface area contributed by atoms with Gasteiger partial charge in [0.05, 0.1) is 5.54 Å². The molecule has 0 bridgehead atoms. The van der Waals surface area contributed by atoms with Gasteiger partial charge in [-0.2, -0.15) is 0 Å². The van der Waals surface area contributed by atoms with Crippen molar-refractivity contribution in [2.24, 2.45) is 5.92 Å². The Kier molecular flexibility index (Phi) is 4.08. The first-order valence-corrected chi connectivity index (χ1v) is 7.14. The fourth-order valence-electron chi connectivity index (χ4n) is 3.10. The Morgan fingerprint density at radius 2 is 2.00 bits per heavy atom.